The lowest BCUT2D eigenvalue weighted by molar-refractivity contribution is -0.161. The molecule has 1 aliphatic rings. The van der Waals surface area contributed by atoms with E-state index in [1.807, 2.05) is 0 Å². The highest BCUT2D eigenvalue weighted by molar-refractivity contribution is 5.94. The zero-order chi connectivity index (χ0) is 21.9. The lowest BCUT2D eigenvalue weighted by atomic mass is 10.1. The van der Waals surface area contributed by atoms with Crippen LogP contribution < -0.4 is 0 Å². The zero-order valence-electron chi connectivity index (χ0n) is 18.6. The zero-order valence-corrected chi connectivity index (χ0v) is 18.6. The summed E-state index contributed by atoms with van der Waals surface area (Å²) in [6.07, 6.45) is -1.18. The smallest absolute Gasteiger partial charge is 0.420 e. The predicted octanol–water partition coefficient (Wildman–Crippen LogP) is 4.05. The van der Waals surface area contributed by atoms with Crippen molar-refractivity contribution in [3.63, 3.8) is 0 Å². The van der Waals surface area contributed by atoms with E-state index >= 15 is 0 Å². The number of hydrogen-bond donors (Lipinski definition) is 0. The molecule has 1 heterocycles. The van der Waals surface area contributed by atoms with Crippen molar-refractivity contribution in [3.05, 3.63) is 0 Å². The van der Waals surface area contributed by atoms with E-state index < -0.39 is 41.0 Å². The van der Waals surface area contributed by atoms with Gasteiger partial charge in [-0.15, -0.1) is 0 Å². The van der Waals surface area contributed by atoms with E-state index in [2.05, 4.69) is 0 Å². The van der Waals surface area contributed by atoms with Crippen molar-refractivity contribution in [1.82, 2.24) is 4.90 Å². The van der Waals surface area contributed by atoms with E-state index in [4.69, 9.17) is 18.9 Å². The molecule has 0 spiro atoms. The Bertz CT molecular complexity index is 549. The van der Waals surface area contributed by atoms with Crippen LogP contribution in [0.4, 0.5) is 9.59 Å². The predicted molar refractivity (Wildman–Crippen MR) is 103 cm³/mol. The number of rotatable bonds is 5. The Labute approximate surface area is 167 Å². The number of epoxide rings is 1. The molecule has 0 saturated carbocycles. The Morgan fingerprint density at radius 1 is 0.857 bits per heavy atom. The van der Waals surface area contributed by atoms with Crippen LogP contribution >= 0.6 is 0 Å². The fourth-order valence-electron chi connectivity index (χ4n) is 2.25. The van der Waals surface area contributed by atoms with Crippen molar-refractivity contribution in [1.29, 1.82) is 0 Å². The molecular formula is C20H35NO7. The SMILES string of the molecule is CC(C)(C)OC(=O)C(CCC1CO1)N(C(=O)OC(C)(C)C)C(=O)OC(C)(C)C. The molecule has 0 bridgehead atoms. The molecule has 0 aromatic rings. The summed E-state index contributed by atoms with van der Waals surface area (Å²) in [7, 11) is 0. The Kier molecular flexibility index (Phi) is 7.50. The molecule has 1 aliphatic heterocycles. The Hall–Kier alpha value is -1.83. The first-order chi connectivity index (χ1) is 12.5. The number of hydrogen-bond acceptors (Lipinski definition) is 7. The summed E-state index contributed by atoms with van der Waals surface area (Å²) in [6.45, 7) is 15.8. The maximum atomic E-state index is 12.9. The number of esters is 1. The number of ether oxygens (including phenoxy) is 4. The minimum absolute atomic E-state index is 0.0176. The standard InChI is InChI=1S/C20H35NO7/c1-18(2,3)26-15(22)14(11-10-13-12-25-13)21(16(23)27-19(4,5)6)17(24)28-20(7,8)9/h13-14H,10-12H2,1-9H3. The van der Waals surface area contributed by atoms with E-state index in [0.717, 1.165) is 4.90 Å². The van der Waals surface area contributed by atoms with Crippen LogP contribution in [0.2, 0.25) is 0 Å². The van der Waals surface area contributed by atoms with Crippen molar-refractivity contribution < 1.29 is 33.3 Å². The maximum absolute atomic E-state index is 12.9. The summed E-state index contributed by atoms with van der Waals surface area (Å²) in [4.78, 5) is 39.2. The highest BCUT2D eigenvalue weighted by atomic mass is 16.6. The normalized spacial score (nSPS) is 18.1. The van der Waals surface area contributed by atoms with Gasteiger partial charge in [-0.3, -0.25) is 0 Å². The molecule has 1 saturated heterocycles. The molecule has 2 atom stereocenters. The molecule has 8 heteroatoms. The molecule has 28 heavy (non-hydrogen) atoms. The maximum Gasteiger partial charge on any atom is 0.420 e. The molecule has 0 N–H and O–H groups in total. The molecule has 0 aliphatic carbocycles. The monoisotopic (exact) mass is 401 g/mol. The minimum atomic E-state index is -1.17. The number of carbonyl (C=O) groups is 3. The van der Waals surface area contributed by atoms with E-state index in [9.17, 15) is 14.4 Å². The van der Waals surface area contributed by atoms with Crippen LogP contribution in [0, 0.1) is 0 Å². The molecule has 2 unspecified atom stereocenters. The lowest BCUT2D eigenvalue weighted by Crippen LogP contribution is -2.53. The summed E-state index contributed by atoms with van der Waals surface area (Å²) in [5, 5.41) is 0. The molecule has 2 amide bonds. The molecule has 0 aromatic carbocycles. The second-order valence-electron chi connectivity index (χ2n) is 9.91. The van der Waals surface area contributed by atoms with Crippen LogP contribution in [0.25, 0.3) is 0 Å². The molecular weight excluding hydrogens is 366 g/mol. The van der Waals surface area contributed by atoms with Crippen LogP contribution in [0.3, 0.4) is 0 Å². The second kappa shape index (κ2) is 8.68. The lowest BCUT2D eigenvalue weighted by Gasteiger charge is -2.33. The van der Waals surface area contributed by atoms with Crippen molar-refractivity contribution in [2.45, 2.75) is 104 Å². The third kappa shape index (κ3) is 9.39. The van der Waals surface area contributed by atoms with Crippen molar-refractivity contribution in [3.8, 4) is 0 Å². The third-order valence-corrected chi connectivity index (χ3v) is 3.34. The van der Waals surface area contributed by atoms with Gasteiger partial charge in [0.2, 0.25) is 0 Å². The van der Waals surface area contributed by atoms with E-state index in [0.29, 0.717) is 13.0 Å². The fraction of sp³-hybridized carbons (Fsp3) is 0.850. The summed E-state index contributed by atoms with van der Waals surface area (Å²) in [5.74, 6) is -0.690. The average Bonchev–Trinajstić information content (AvgIpc) is 3.20. The first-order valence-electron chi connectivity index (χ1n) is 9.58. The molecule has 1 rings (SSSR count). The minimum Gasteiger partial charge on any atom is -0.458 e. The summed E-state index contributed by atoms with van der Waals surface area (Å²) in [5.41, 5.74) is -2.48. The molecule has 1 fully saturated rings. The van der Waals surface area contributed by atoms with Crippen LogP contribution in [-0.4, -0.2) is 58.6 Å². The second-order valence-corrected chi connectivity index (χ2v) is 9.91. The Morgan fingerprint density at radius 2 is 1.25 bits per heavy atom. The highest BCUT2D eigenvalue weighted by Crippen LogP contribution is 2.24. The van der Waals surface area contributed by atoms with Gasteiger partial charge in [0, 0.05) is 0 Å². The topological polar surface area (TPSA) is 94.7 Å². The van der Waals surface area contributed by atoms with Crippen LogP contribution in [0.15, 0.2) is 0 Å². The average molecular weight is 402 g/mol. The van der Waals surface area contributed by atoms with Crippen LogP contribution in [0.5, 0.6) is 0 Å². The Balaban J connectivity index is 3.19. The summed E-state index contributed by atoms with van der Waals surface area (Å²) < 4.78 is 21.4. The van der Waals surface area contributed by atoms with E-state index in [-0.39, 0.29) is 12.5 Å². The van der Waals surface area contributed by atoms with Crippen molar-refractivity contribution >= 4 is 18.2 Å². The van der Waals surface area contributed by atoms with Gasteiger partial charge in [0.1, 0.15) is 22.8 Å². The molecule has 8 nitrogen and oxygen atoms in total. The van der Waals surface area contributed by atoms with E-state index in [1.54, 1.807) is 62.3 Å². The van der Waals surface area contributed by atoms with Gasteiger partial charge in [-0.05, 0) is 75.2 Å². The van der Waals surface area contributed by atoms with Gasteiger partial charge in [-0.25, -0.2) is 14.4 Å². The largest absolute Gasteiger partial charge is 0.458 e. The molecule has 0 radical (unpaired) electrons. The number of amides is 2. The summed E-state index contributed by atoms with van der Waals surface area (Å²) in [6, 6.07) is -1.17. The van der Waals surface area contributed by atoms with Crippen molar-refractivity contribution in [2.75, 3.05) is 6.61 Å². The van der Waals surface area contributed by atoms with Gasteiger partial charge in [0.15, 0.2) is 0 Å². The molecule has 0 aromatic heterocycles. The number of carbonyl (C=O) groups excluding carboxylic acids is 3. The van der Waals surface area contributed by atoms with Crippen LogP contribution in [-0.2, 0) is 23.7 Å². The van der Waals surface area contributed by atoms with Gasteiger partial charge in [0.05, 0.1) is 12.7 Å². The van der Waals surface area contributed by atoms with Gasteiger partial charge in [-0.1, -0.05) is 0 Å². The van der Waals surface area contributed by atoms with Crippen molar-refractivity contribution in [2.24, 2.45) is 0 Å². The number of imide groups is 1. The third-order valence-electron chi connectivity index (χ3n) is 3.34. The molecule has 162 valence electrons. The summed E-state index contributed by atoms with van der Waals surface area (Å²) >= 11 is 0. The first-order valence-corrected chi connectivity index (χ1v) is 9.58. The number of nitrogens with zero attached hydrogens (tertiary/aromatic N) is 1. The highest BCUT2D eigenvalue weighted by Gasteiger charge is 2.42. The Morgan fingerprint density at radius 3 is 1.57 bits per heavy atom. The van der Waals surface area contributed by atoms with E-state index in [1.165, 1.54) is 0 Å². The quantitative estimate of drug-likeness (QED) is 0.390. The van der Waals surface area contributed by atoms with Gasteiger partial charge < -0.3 is 18.9 Å². The van der Waals surface area contributed by atoms with Gasteiger partial charge in [0.25, 0.3) is 0 Å². The van der Waals surface area contributed by atoms with Gasteiger partial charge >= 0.3 is 18.2 Å². The first kappa shape index (κ1) is 24.2. The van der Waals surface area contributed by atoms with Crippen LogP contribution in [0.1, 0.15) is 75.2 Å². The van der Waals surface area contributed by atoms with Gasteiger partial charge in [-0.2, -0.15) is 4.90 Å². The fourth-order valence-corrected chi connectivity index (χ4v) is 2.25.